The Bertz CT molecular complexity index is 423. The molecule has 0 unspecified atom stereocenters. The number of nitrogens with zero attached hydrogens (tertiary/aromatic N) is 2. The fourth-order valence-corrected chi connectivity index (χ4v) is 3.17. The van der Waals surface area contributed by atoms with E-state index in [1.807, 2.05) is 18.0 Å². The van der Waals surface area contributed by atoms with E-state index in [0.717, 1.165) is 16.4 Å². The number of aromatic nitrogens is 2. The minimum atomic E-state index is 0.610. The number of hydrogen-bond donors (Lipinski definition) is 2. The average Bonchev–Trinajstić information content (AvgIpc) is 2.84. The third-order valence-corrected chi connectivity index (χ3v) is 4.33. The number of nitrogens with one attached hydrogen (secondary N) is 1. The van der Waals surface area contributed by atoms with Crippen molar-refractivity contribution >= 4 is 45.5 Å². The third-order valence-electron chi connectivity index (χ3n) is 1.78. The van der Waals surface area contributed by atoms with Crippen LogP contribution in [0.2, 0.25) is 0 Å². The Kier molecular flexibility index (Phi) is 3.45. The van der Waals surface area contributed by atoms with Crippen molar-refractivity contribution in [3.63, 3.8) is 0 Å². The molecular formula is C8H10N4S3. The predicted molar refractivity (Wildman–Crippen MR) is 67.7 cm³/mol. The van der Waals surface area contributed by atoms with Crippen LogP contribution in [0.15, 0.2) is 16.6 Å². The molecule has 0 saturated carbocycles. The molecule has 0 radical (unpaired) electrons. The highest BCUT2D eigenvalue weighted by molar-refractivity contribution is 7.99. The van der Waals surface area contributed by atoms with Crippen LogP contribution < -0.4 is 11.1 Å². The predicted octanol–water partition coefficient (Wildman–Crippen LogP) is 2.52. The summed E-state index contributed by atoms with van der Waals surface area (Å²) < 4.78 is 4.11. The van der Waals surface area contributed by atoms with Gasteiger partial charge in [0.1, 0.15) is 5.00 Å². The first-order valence-corrected chi connectivity index (χ1v) is 7.09. The Morgan fingerprint density at radius 1 is 1.60 bits per heavy atom. The Hall–Kier alpha value is -0.790. The van der Waals surface area contributed by atoms with Crippen molar-refractivity contribution in [2.45, 2.75) is 11.4 Å². The number of nitrogen functional groups attached to an aromatic ring is 1. The molecule has 15 heavy (non-hydrogen) atoms. The normalized spacial score (nSPS) is 10.5. The van der Waals surface area contributed by atoms with Crippen molar-refractivity contribution < 1.29 is 0 Å². The van der Waals surface area contributed by atoms with Crippen molar-refractivity contribution in [1.82, 2.24) is 9.36 Å². The topological polar surface area (TPSA) is 63.8 Å². The van der Waals surface area contributed by atoms with Gasteiger partial charge in [0.15, 0.2) is 5.82 Å². The van der Waals surface area contributed by atoms with Crippen LogP contribution in [-0.4, -0.2) is 15.6 Å². The lowest BCUT2D eigenvalue weighted by Gasteiger charge is -2.02. The Labute approximate surface area is 100 Å². The number of thioether (sulfide) groups is 1. The Balaban J connectivity index is 2.05. The first-order valence-electron chi connectivity index (χ1n) is 4.21. The van der Waals surface area contributed by atoms with Crippen LogP contribution in [-0.2, 0) is 6.54 Å². The molecule has 7 heteroatoms. The number of hydrogen-bond acceptors (Lipinski definition) is 7. The fraction of sp³-hybridized carbons (Fsp3) is 0.250. The molecule has 2 aromatic heterocycles. The largest absolute Gasteiger partial charge is 0.382 e. The van der Waals surface area contributed by atoms with Crippen LogP contribution in [0.4, 0.5) is 10.8 Å². The van der Waals surface area contributed by atoms with E-state index in [0.29, 0.717) is 5.82 Å². The Morgan fingerprint density at radius 3 is 3.13 bits per heavy atom. The maximum atomic E-state index is 5.73. The summed E-state index contributed by atoms with van der Waals surface area (Å²) in [6, 6.07) is 0. The quantitative estimate of drug-likeness (QED) is 0.825. The molecule has 0 aromatic carbocycles. The van der Waals surface area contributed by atoms with Gasteiger partial charge in [0, 0.05) is 11.1 Å². The molecule has 0 aliphatic carbocycles. The average molecular weight is 258 g/mol. The van der Waals surface area contributed by atoms with E-state index in [9.17, 15) is 0 Å². The van der Waals surface area contributed by atoms with Crippen LogP contribution in [0.1, 0.15) is 4.88 Å². The number of thiazole rings is 1. The van der Waals surface area contributed by atoms with Crippen molar-refractivity contribution in [2.24, 2.45) is 0 Å². The third kappa shape index (κ3) is 2.42. The molecule has 0 aliphatic heterocycles. The first-order chi connectivity index (χ1) is 7.31. The molecule has 0 bridgehead atoms. The minimum absolute atomic E-state index is 0.610. The van der Waals surface area contributed by atoms with Crippen molar-refractivity contribution in [2.75, 3.05) is 17.3 Å². The first kappa shape index (κ1) is 10.7. The molecule has 0 fully saturated rings. The van der Waals surface area contributed by atoms with Crippen LogP contribution >= 0.6 is 34.6 Å². The second-order valence-corrected chi connectivity index (χ2v) is 5.31. The Morgan fingerprint density at radius 2 is 2.47 bits per heavy atom. The van der Waals surface area contributed by atoms with E-state index in [4.69, 9.17) is 5.73 Å². The lowest BCUT2D eigenvalue weighted by Crippen LogP contribution is -1.96. The monoisotopic (exact) mass is 258 g/mol. The summed E-state index contributed by atoms with van der Waals surface area (Å²) >= 11 is 4.65. The summed E-state index contributed by atoms with van der Waals surface area (Å²) in [6.45, 7) is 0.778. The van der Waals surface area contributed by atoms with Crippen LogP contribution in [0.3, 0.4) is 0 Å². The molecule has 4 nitrogen and oxygen atoms in total. The smallest absolute Gasteiger partial charge is 0.153 e. The maximum absolute atomic E-state index is 5.73. The standard InChI is InChI=1S/C8H10N4S3/c1-13-6-7(9)12-15-8(6)11-3-5-2-10-4-14-5/h2,4,11H,3H2,1H3,(H2,9,12). The van der Waals surface area contributed by atoms with Gasteiger partial charge in [0.2, 0.25) is 0 Å². The van der Waals surface area contributed by atoms with Crippen LogP contribution in [0.25, 0.3) is 0 Å². The van der Waals surface area contributed by atoms with Crippen LogP contribution in [0.5, 0.6) is 0 Å². The molecule has 0 amide bonds. The molecule has 3 N–H and O–H groups in total. The van der Waals surface area contributed by atoms with Crippen molar-refractivity contribution in [3.8, 4) is 0 Å². The molecule has 0 atom stereocenters. The van der Waals surface area contributed by atoms with Gasteiger partial charge < -0.3 is 11.1 Å². The molecule has 0 aliphatic rings. The van der Waals surface area contributed by atoms with Gasteiger partial charge in [0.05, 0.1) is 17.0 Å². The van der Waals surface area contributed by atoms with E-state index in [1.54, 1.807) is 23.1 Å². The number of nitrogens with two attached hydrogens (primary N) is 1. The molecule has 2 rings (SSSR count). The lowest BCUT2D eigenvalue weighted by molar-refractivity contribution is 1.17. The van der Waals surface area contributed by atoms with Gasteiger partial charge in [0.25, 0.3) is 0 Å². The van der Waals surface area contributed by atoms with E-state index in [1.165, 1.54) is 16.4 Å². The van der Waals surface area contributed by atoms with Gasteiger partial charge in [-0.15, -0.1) is 23.1 Å². The fourth-order valence-electron chi connectivity index (χ4n) is 1.10. The molecule has 2 heterocycles. The molecule has 0 spiro atoms. The summed E-state index contributed by atoms with van der Waals surface area (Å²) in [7, 11) is 0. The molecule has 2 aromatic rings. The summed E-state index contributed by atoms with van der Waals surface area (Å²) in [5, 5.41) is 4.35. The van der Waals surface area contributed by atoms with Gasteiger partial charge in [-0.25, -0.2) is 0 Å². The zero-order valence-corrected chi connectivity index (χ0v) is 10.5. The second-order valence-electron chi connectivity index (χ2n) is 2.75. The zero-order valence-electron chi connectivity index (χ0n) is 8.06. The second kappa shape index (κ2) is 4.82. The van der Waals surface area contributed by atoms with Crippen LogP contribution in [0, 0.1) is 0 Å². The molecule has 0 saturated heterocycles. The number of anilines is 2. The molecular weight excluding hydrogens is 248 g/mol. The maximum Gasteiger partial charge on any atom is 0.153 e. The molecule has 80 valence electrons. The lowest BCUT2D eigenvalue weighted by atomic mass is 10.5. The van der Waals surface area contributed by atoms with E-state index < -0.39 is 0 Å². The van der Waals surface area contributed by atoms with Gasteiger partial charge in [-0.1, -0.05) is 0 Å². The van der Waals surface area contributed by atoms with Gasteiger partial charge in [-0.2, -0.15) is 4.37 Å². The van der Waals surface area contributed by atoms with E-state index >= 15 is 0 Å². The minimum Gasteiger partial charge on any atom is -0.382 e. The highest BCUT2D eigenvalue weighted by Gasteiger charge is 2.09. The summed E-state index contributed by atoms with van der Waals surface area (Å²) in [5.74, 6) is 0.610. The van der Waals surface area contributed by atoms with Crippen molar-refractivity contribution in [3.05, 3.63) is 16.6 Å². The number of rotatable bonds is 4. The van der Waals surface area contributed by atoms with E-state index in [-0.39, 0.29) is 0 Å². The summed E-state index contributed by atoms with van der Waals surface area (Å²) in [6.07, 6.45) is 3.86. The van der Waals surface area contributed by atoms with Gasteiger partial charge >= 0.3 is 0 Å². The van der Waals surface area contributed by atoms with Gasteiger partial charge in [-0.3, -0.25) is 4.98 Å². The zero-order chi connectivity index (χ0) is 10.7. The SMILES string of the molecule is CSc1c(N)nsc1NCc1cncs1. The summed E-state index contributed by atoms with van der Waals surface area (Å²) in [4.78, 5) is 6.25. The highest BCUT2D eigenvalue weighted by atomic mass is 32.2. The van der Waals surface area contributed by atoms with Crippen molar-refractivity contribution in [1.29, 1.82) is 0 Å². The van der Waals surface area contributed by atoms with Gasteiger partial charge in [-0.05, 0) is 17.8 Å². The van der Waals surface area contributed by atoms with E-state index in [2.05, 4.69) is 14.7 Å². The highest BCUT2D eigenvalue weighted by Crippen LogP contribution is 2.34. The summed E-state index contributed by atoms with van der Waals surface area (Å²) in [5.41, 5.74) is 7.56.